The van der Waals surface area contributed by atoms with Gasteiger partial charge in [-0.1, -0.05) is 25.1 Å². The van der Waals surface area contributed by atoms with Gasteiger partial charge < -0.3 is 19.9 Å². The Balaban J connectivity index is 1.44. The van der Waals surface area contributed by atoms with Crippen LogP contribution in [0.4, 0.5) is 15.9 Å². The summed E-state index contributed by atoms with van der Waals surface area (Å²) in [6, 6.07) is 13.9. The van der Waals surface area contributed by atoms with Crippen molar-refractivity contribution in [2.75, 3.05) is 50.1 Å². The molecule has 2 aromatic heterocycles. The molecule has 0 atom stereocenters. The van der Waals surface area contributed by atoms with Crippen molar-refractivity contribution in [1.82, 2.24) is 20.1 Å². The van der Waals surface area contributed by atoms with Crippen LogP contribution in [0.25, 0.3) is 22.2 Å². The van der Waals surface area contributed by atoms with E-state index < -0.39 is 5.82 Å². The molecule has 3 heterocycles. The number of hydrogen-bond donors (Lipinski definition) is 2. The smallest absolute Gasteiger partial charge is 0.258 e. The van der Waals surface area contributed by atoms with Gasteiger partial charge in [-0.25, -0.2) is 4.39 Å². The highest BCUT2D eigenvalue weighted by Gasteiger charge is 2.22. The Bertz CT molecular complexity index is 1360. The zero-order valence-corrected chi connectivity index (χ0v) is 19.7. The number of benzene rings is 2. The number of para-hydroxylation sites is 1. The van der Waals surface area contributed by atoms with Crippen molar-refractivity contribution in [3.8, 4) is 17.0 Å². The number of aromatic amines is 1. The van der Waals surface area contributed by atoms with E-state index in [2.05, 4.69) is 37.2 Å². The SMILES string of the molecule is CCN1CCN(c2ccccc2C(=O)Nc2n[nH]c3cnc(-c4c(F)cccc4OC)cc23)CC1. The summed E-state index contributed by atoms with van der Waals surface area (Å²) in [6.45, 7) is 6.84. The first-order chi connectivity index (χ1) is 17.1. The lowest BCUT2D eigenvalue weighted by atomic mass is 10.1. The summed E-state index contributed by atoms with van der Waals surface area (Å²) in [5, 5.41) is 10.7. The fourth-order valence-corrected chi connectivity index (χ4v) is 4.49. The number of piperazine rings is 1. The minimum absolute atomic E-state index is 0.256. The summed E-state index contributed by atoms with van der Waals surface area (Å²) in [6.07, 6.45) is 1.57. The molecule has 180 valence electrons. The van der Waals surface area contributed by atoms with Crippen molar-refractivity contribution in [2.24, 2.45) is 0 Å². The number of nitrogens with one attached hydrogen (secondary N) is 2. The average Bonchev–Trinajstić information content (AvgIpc) is 3.30. The summed E-state index contributed by atoms with van der Waals surface area (Å²) in [5.41, 5.74) is 2.76. The second-order valence-corrected chi connectivity index (χ2v) is 8.40. The maximum atomic E-state index is 14.6. The lowest BCUT2D eigenvalue weighted by Crippen LogP contribution is -2.46. The number of halogens is 1. The molecule has 1 aliphatic heterocycles. The van der Waals surface area contributed by atoms with Gasteiger partial charge in [0.1, 0.15) is 11.6 Å². The molecule has 0 unspecified atom stereocenters. The second kappa shape index (κ2) is 9.71. The molecule has 0 bridgehead atoms. The van der Waals surface area contributed by atoms with Crippen molar-refractivity contribution in [1.29, 1.82) is 0 Å². The highest BCUT2D eigenvalue weighted by Crippen LogP contribution is 2.34. The maximum Gasteiger partial charge on any atom is 0.258 e. The van der Waals surface area contributed by atoms with Gasteiger partial charge in [0.05, 0.1) is 35.6 Å². The molecule has 0 radical (unpaired) electrons. The Kier molecular flexibility index (Phi) is 6.33. The minimum atomic E-state index is -0.442. The number of carbonyl (C=O) groups excluding carboxylic acids is 1. The zero-order chi connectivity index (χ0) is 24.4. The van der Waals surface area contributed by atoms with Crippen molar-refractivity contribution in [3.63, 3.8) is 0 Å². The lowest BCUT2D eigenvalue weighted by Gasteiger charge is -2.36. The fraction of sp³-hybridized carbons (Fsp3) is 0.269. The summed E-state index contributed by atoms with van der Waals surface area (Å²) in [4.78, 5) is 22.4. The minimum Gasteiger partial charge on any atom is -0.496 e. The number of ether oxygens (including phenoxy) is 1. The van der Waals surface area contributed by atoms with Gasteiger partial charge in [-0.15, -0.1) is 0 Å². The van der Waals surface area contributed by atoms with E-state index in [4.69, 9.17) is 4.74 Å². The van der Waals surface area contributed by atoms with Crippen molar-refractivity contribution < 1.29 is 13.9 Å². The predicted molar refractivity (Wildman–Crippen MR) is 135 cm³/mol. The molecule has 1 fully saturated rings. The second-order valence-electron chi connectivity index (χ2n) is 8.40. The predicted octanol–water partition coefficient (Wildman–Crippen LogP) is 4.17. The first kappa shape index (κ1) is 22.8. The first-order valence-electron chi connectivity index (χ1n) is 11.6. The number of pyridine rings is 1. The van der Waals surface area contributed by atoms with Gasteiger partial charge in [0.25, 0.3) is 5.91 Å². The molecule has 8 nitrogen and oxygen atoms in total. The molecule has 0 spiro atoms. The first-order valence-corrected chi connectivity index (χ1v) is 11.6. The van der Waals surface area contributed by atoms with Crippen LogP contribution < -0.4 is 15.0 Å². The van der Waals surface area contributed by atoms with Gasteiger partial charge in [-0.2, -0.15) is 5.10 Å². The number of H-pyrrole nitrogens is 1. The van der Waals surface area contributed by atoms with Crippen LogP contribution in [0.2, 0.25) is 0 Å². The number of amides is 1. The molecule has 2 N–H and O–H groups in total. The molecular formula is C26H27FN6O2. The Morgan fingerprint density at radius 2 is 1.94 bits per heavy atom. The van der Waals surface area contributed by atoms with E-state index >= 15 is 0 Å². The Labute approximate surface area is 202 Å². The van der Waals surface area contributed by atoms with Crippen LogP contribution in [0, 0.1) is 5.82 Å². The number of methoxy groups -OCH3 is 1. The van der Waals surface area contributed by atoms with Gasteiger partial charge in [-0.05, 0) is 36.9 Å². The van der Waals surface area contributed by atoms with Gasteiger partial charge in [0.2, 0.25) is 0 Å². The highest BCUT2D eigenvalue weighted by atomic mass is 19.1. The number of fused-ring (bicyclic) bond motifs is 1. The van der Waals surface area contributed by atoms with Crippen molar-refractivity contribution in [3.05, 3.63) is 66.1 Å². The van der Waals surface area contributed by atoms with E-state index in [9.17, 15) is 9.18 Å². The van der Waals surface area contributed by atoms with Crippen LogP contribution in [0.1, 0.15) is 17.3 Å². The number of carbonyl (C=O) groups is 1. The third kappa shape index (κ3) is 4.42. The van der Waals surface area contributed by atoms with Crippen molar-refractivity contribution in [2.45, 2.75) is 6.92 Å². The van der Waals surface area contributed by atoms with Crippen LogP contribution in [-0.2, 0) is 0 Å². The number of likely N-dealkylation sites (N-methyl/N-ethyl adjacent to an activating group) is 1. The number of anilines is 2. The normalized spacial score (nSPS) is 14.3. The standard InChI is InChI=1S/C26H27FN6O2/c1-3-32-11-13-33(14-12-32)22-9-5-4-7-17(22)26(34)29-25-18-15-20(28-16-21(18)30-31-25)24-19(27)8-6-10-23(24)35-2/h4-10,15-16H,3,11-14H2,1-2H3,(H2,29,30,31,34). The molecule has 5 rings (SSSR count). The highest BCUT2D eigenvalue weighted by molar-refractivity contribution is 6.11. The number of rotatable bonds is 6. The van der Waals surface area contributed by atoms with E-state index in [1.165, 1.54) is 13.2 Å². The number of nitrogens with zero attached hydrogens (tertiary/aromatic N) is 4. The molecule has 0 saturated carbocycles. The van der Waals surface area contributed by atoms with E-state index in [0.29, 0.717) is 33.7 Å². The largest absolute Gasteiger partial charge is 0.496 e. The van der Waals surface area contributed by atoms with E-state index in [1.807, 2.05) is 24.3 Å². The van der Waals surface area contributed by atoms with Gasteiger partial charge in [0, 0.05) is 37.3 Å². The van der Waals surface area contributed by atoms with Gasteiger partial charge in [-0.3, -0.25) is 14.9 Å². The lowest BCUT2D eigenvalue weighted by molar-refractivity contribution is 0.102. The third-order valence-electron chi connectivity index (χ3n) is 6.44. The Hall–Kier alpha value is -3.98. The topological polar surface area (TPSA) is 86.4 Å². The molecule has 9 heteroatoms. The molecule has 1 saturated heterocycles. The zero-order valence-electron chi connectivity index (χ0n) is 19.7. The number of hydrogen-bond acceptors (Lipinski definition) is 6. The van der Waals surface area contributed by atoms with E-state index in [-0.39, 0.29) is 11.5 Å². The van der Waals surface area contributed by atoms with Crippen LogP contribution in [0.15, 0.2) is 54.7 Å². The number of aromatic nitrogens is 3. The van der Waals surface area contributed by atoms with Crippen molar-refractivity contribution >= 4 is 28.3 Å². The van der Waals surface area contributed by atoms with Crippen LogP contribution >= 0.6 is 0 Å². The maximum absolute atomic E-state index is 14.6. The molecule has 35 heavy (non-hydrogen) atoms. The van der Waals surface area contributed by atoms with Gasteiger partial charge in [0.15, 0.2) is 5.82 Å². The molecule has 0 aliphatic carbocycles. The molecular weight excluding hydrogens is 447 g/mol. The molecule has 2 aromatic carbocycles. The molecule has 1 amide bonds. The summed E-state index contributed by atoms with van der Waals surface area (Å²) >= 11 is 0. The van der Waals surface area contributed by atoms with E-state index in [0.717, 1.165) is 38.4 Å². The fourth-order valence-electron chi connectivity index (χ4n) is 4.49. The third-order valence-corrected chi connectivity index (χ3v) is 6.44. The average molecular weight is 475 g/mol. The molecule has 4 aromatic rings. The van der Waals surface area contributed by atoms with Crippen LogP contribution in [0.3, 0.4) is 0 Å². The van der Waals surface area contributed by atoms with Gasteiger partial charge >= 0.3 is 0 Å². The van der Waals surface area contributed by atoms with E-state index in [1.54, 1.807) is 24.4 Å². The summed E-state index contributed by atoms with van der Waals surface area (Å²) in [5.74, 6) is 0.0359. The monoisotopic (exact) mass is 474 g/mol. The molecule has 1 aliphatic rings. The Morgan fingerprint density at radius 3 is 2.71 bits per heavy atom. The summed E-state index contributed by atoms with van der Waals surface area (Å²) in [7, 11) is 1.49. The quantitative estimate of drug-likeness (QED) is 0.436. The summed E-state index contributed by atoms with van der Waals surface area (Å²) < 4.78 is 20.0. The Morgan fingerprint density at radius 1 is 1.14 bits per heavy atom. The van der Waals surface area contributed by atoms with Crippen LogP contribution in [0.5, 0.6) is 5.75 Å². The van der Waals surface area contributed by atoms with Crippen LogP contribution in [-0.4, -0.2) is 65.8 Å².